The summed E-state index contributed by atoms with van der Waals surface area (Å²) in [6.45, 7) is 10.6. The molecule has 0 radical (unpaired) electrons. The Morgan fingerprint density at radius 1 is 0.676 bits per heavy atom. The fourth-order valence-corrected chi connectivity index (χ4v) is 9.04. The fraction of sp³-hybridized carbons (Fsp3) is 0.818. The molecule has 2 N–H and O–H groups in total. The van der Waals surface area contributed by atoms with Gasteiger partial charge in [0.15, 0.2) is 0 Å². The Bertz CT molecular complexity index is 632. The summed E-state index contributed by atoms with van der Waals surface area (Å²) in [5.74, 6) is -0.347. The SMILES string of the molecule is CN(C)C(=O)C(CC[Se][Se]CCC(NC(=O)OC(C)(C)C)C(=O)N(C)C)NC(=O)OC(C)(C)C. The number of ether oxygens (including phenoxy) is 2. The van der Waals surface area contributed by atoms with Crippen molar-refractivity contribution < 1.29 is 28.7 Å². The number of nitrogens with one attached hydrogen (secondary N) is 2. The molecule has 0 bridgehead atoms. The summed E-state index contributed by atoms with van der Waals surface area (Å²) in [6, 6.07) is -1.28. The standard InChI is InChI=1S/C22H42N4O6Se2/c1-21(2,3)31-19(29)23-15(17(27)25(7)8)11-13-33-34-14-12-16(18(28)26(9)10)24-20(30)32-22(4,5)6/h15-16H,11-14H2,1-10H3,(H,23,29)(H,24,30). The van der Waals surface area contributed by atoms with Gasteiger partial charge in [-0.1, -0.05) is 0 Å². The minimum absolute atomic E-state index is 0.174. The normalized spacial score (nSPS) is 13.4. The Morgan fingerprint density at radius 2 is 0.971 bits per heavy atom. The molecule has 0 saturated carbocycles. The number of carbonyl (C=O) groups is 4. The van der Waals surface area contributed by atoms with Crippen LogP contribution in [0.2, 0.25) is 10.6 Å². The van der Waals surface area contributed by atoms with Gasteiger partial charge in [-0.05, 0) is 0 Å². The zero-order valence-electron chi connectivity index (χ0n) is 22.1. The number of alkyl carbamates (subject to hydrolysis) is 2. The molecule has 0 aliphatic rings. The summed E-state index contributed by atoms with van der Waals surface area (Å²) in [5.41, 5.74) is -1.28. The van der Waals surface area contributed by atoms with Gasteiger partial charge in [0.05, 0.1) is 0 Å². The van der Waals surface area contributed by atoms with Crippen LogP contribution in [-0.2, 0) is 19.1 Å². The van der Waals surface area contributed by atoms with Crippen molar-refractivity contribution in [3.63, 3.8) is 0 Å². The van der Waals surface area contributed by atoms with Crippen LogP contribution in [0.3, 0.4) is 0 Å². The van der Waals surface area contributed by atoms with Gasteiger partial charge in [-0.15, -0.1) is 0 Å². The van der Waals surface area contributed by atoms with Crippen LogP contribution in [0.1, 0.15) is 54.4 Å². The predicted molar refractivity (Wildman–Crippen MR) is 134 cm³/mol. The molecule has 2 unspecified atom stereocenters. The van der Waals surface area contributed by atoms with Gasteiger partial charge in [0, 0.05) is 0 Å². The third-order valence-electron chi connectivity index (χ3n) is 3.92. The van der Waals surface area contributed by atoms with E-state index in [1.807, 2.05) is 0 Å². The summed E-state index contributed by atoms with van der Waals surface area (Å²) >= 11 is 0.538. The average molecular weight is 617 g/mol. The fourth-order valence-electron chi connectivity index (χ4n) is 2.49. The van der Waals surface area contributed by atoms with Gasteiger partial charge in [0.2, 0.25) is 0 Å². The molecule has 0 aromatic carbocycles. The molecule has 4 amide bonds. The maximum atomic E-state index is 12.5. The number of carbonyl (C=O) groups excluding carboxylic acids is 4. The van der Waals surface area contributed by atoms with E-state index < -0.39 is 35.5 Å². The zero-order valence-corrected chi connectivity index (χ0v) is 25.6. The Morgan fingerprint density at radius 3 is 1.21 bits per heavy atom. The summed E-state index contributed by atoms with van der Waals surface area (Å²) in [5, 5.41) is 6.98. The third-order valence-corrected chi connectivity index (χ3v) is 11.4. The van der Waals surface area contributed by atoms with E-state index >= 15 is 0 Å². The second kappa shape index (κ2) is 14.8. The average Bonchev–Trinajstić information content (AvgIpc) is 2.64. The monoisotopic (exact) mass is 618 g/mol. The Labute approximate surface area is 215 Å². The first-order valence-corrected chi connectivity index (χ1v) is 17.8. The molecule has 0 aromatic rings. The number of nitrogens with zero attached hydrogens (tertiary/aromatic N) is 2. The van der Waals surface area contributed by atoms with E-state index in [-0.39, 0.29) is 38.1 Å². The third kappa shape index (κ3) is 15.4. The molecule has 0 rings (SSSR count). The van der Waals surface area contributed by atoms with E-state index in [0.29, 0.717) is 12.8 Å². The van der Waals surface area contributed by atoms with E-state index in [2.05, 4.69) is 10.6 Å². The molecule has 0 fully saturated rings. The van der Waals surface area contributed by atoms with Crippen molar-refractivity contribution in [1.29, 1.82) is 0 Å². The van der Waals surface area contributed by atoms with Gasteiger partial charge >= 0.3 is 216 Å². The molecule has 0 aromatic heterocycles. The van der Waals surface area contributed by atoms with Crippen molar-refractivity contribution in [3.8, 4) is 0 Å². The summed E-state index contributed by atoms with van der Waals surface area (Å²) in [4.78, 5) is 52.1. The van der Waals surface area contributed by atoms with E-state index in [0.717, 1.165) is 10.6 Å². The second-order valence-corrected chi connectivity index (χ2v) is 17.9. The topological polar surface area (TPSA) is 117 Å². The molecule has 34 heavy (non-hydrogen) atoms. The van der Waals surface area contributed by atoms with Gasteiger partial charge in [-0.3, -0.25) is 0 Å². The van der Waals surface area contributed by atoms with E-state index in [1.165, 1.54) is 9.80 Å². The minimum atomic E-state index is -0.642. The van der Waals surface area contributed by atoms with Crippen molar-refractivity contribution in [2.45, 2.75) is 88.3 Å². The van der Waals surface area contributed by atoms with Crippen LogP contribution >= 0.6 is 0 Å². The molecule has 0 saturated heterocycles. The summed E-state index contributed by atoms with van der Waals surface area (Å²) in [7, 11) is 6.61. The van der Waals surface area contributed by atoms with Crippen LogP contribution in [0, 0.1) is 0 Å². The van der Waals surface area contributed by atoms with Crippen LogP contribution < -0.4 is 10.6 Å². The van der Waals surface area contributed by atoms with Crippen LogP contribution in [0.25, 0.3) is 0 Å². The molecule has 10 nitrogen and oxygen atoms in total. The Balaban J connectivity index is 4.70. The van der Waals surface area contributed by atoms with Crippen LogP contribution in [0.4, 0.5) is 9.59 Å². The first kappa shape index (κ1) is 32.5. The molecule has 0 heterocycles. The van der Waals surface area contributed by atoms with Crippen LogP contribution in [-0.4, -0.2) is 112 Å². The van der Waals surface area contributed by atoms with E-state index in [1.54, 1.807) is 69.7 Å². The zero-order chi connectivity index (χ0) is 26.7. The van der Waals surface area contributed by atoms with Crippen molar-refractivity contribution in [3.05, 3.63) is 0 Å². The number of rotatable bonds is 11. The quantitative estimate of drug-likeness (QED) is 0.271. The van der Waals surface area contributed by atoms with Gasteiger partial charge in [0.25, 0.3) is 0 Å². The Hall–Kier alpha value is -1.48. The number of amides is 4. The molecule has 12 heteroatoms. The van der Waals surface area contributed by atoms with Gasteiger partial charge in [-0.25, -0.2) is 0 Å². The molecule has 0 spiro atoms. The summed E-state index contributed by atoms with van der Waals surface area (Å²) in [6.07, 6.45) is -0.171. The first-order chi connectivity index (χ1) is 15.4. The van der Waals surface area contributed by atoms with Crippen LogP contribution in [0.5, 0.6) is 0 Å². The molecule has 0 aliphatic heterocycles. The van der Waals surface area contributed by atoms with Gasteiger partial charge < -0.3 is 0 Å². The van der Waals surface area contributed by atoms with Crippen molar-refractivity contribution in [2.24, 2.45) is 0 Å². The molecular weight excluding hydrogens is 574 g/mol. The molecular formula is C22H42N4O6Se2. The molecule has 0 aliphatic carbocycles. The van der Waals surface area contributed by atoms with Crippen LogP contribution in [0.15, 0.2) is 0 Å². The second-order valence-electron chi connectivity index (χ2n) is 10.1. The van der Waals surface area contributed by atoms with Crippen molar-refractivity contribution in [1.82, 2.24) is 20.4 Å². The number of hydrogen-bond donors (Lipinski definition) is 2. The number of likely N-dealkylation sites (N-methyl/N-ethyl adjacent to an activating group) is 2. The van der Waals surface area contributed by atoms with Crippen molar-refractivity contribution in [2.75, 3.05) is 28.2 Å². The maximum absolute atomic E-state index is 12.5. The van der Waals surface area contributed by atoms with Gasteiger partial charge in [0.1, 0.15) is 0 Å². The first-order valence-electron chi connectivity index (χ1n) is 11.1. The molecule has 198 valence electrons. The Kier molecular flexibility index (Phi) is 14.2. The number of hydrogen-bond acceptors (Lipinski definition) is 6. The summed E-state index contributed by atoms with van der Waals surface area (Å²) < 4.78 is 10.6. The van der Waals surface area contributed by atoms with E-state index in [9.17, 15) is 19.2 Å². The molecule has 2 atom stereocenters. The predicted octanol–water partition coefficient (Wildman–Crippen LogP) is 1.89. The van der Waals surface area contributed by atoms with Gasteiger partial charge in [-0.2, -0.15) is 0 Å². The van der Waals surface area contributed by atoms with Crippen molar-refractivity contribution >= 4 is 50.3 Å². The van der Waals surface area contributed by atoms with E-state index in [4.69, 9.17) is 9.47 Å².